The average Bonchev–Trinajstić information content (AvgIpc) is 2.86. The van der Waals surface area contributed by atoms with Crippen molar-refractivity contribution in [3.05, 3.63) is 120 Å². The van der Waals surface area contributed by atoms with Crippen LogP contribution in [-0.2, 0) is 16.5 Å². The summed E-state index contributed by atoms with van der Waals surface area (Å²) in [5, 5.41) is 1.18. The minimum atomic E-state index is -0.472. The van der Waals surface area contributed by atoms with E-state index in [0.717, 1.165) is 11.1 Å². The number of aromatic nitrogens is 1. The van der Waals surface area contributed by atoms with Gasteiger partial charge in [-0.1, -0.05) is 105 Å². The predicted molar refractivity (Wildman–Crippen MR) is 139 cm³/mol. The Kier molecular flexibility index (Phi) is 11.5. The van der Waals surface area contributed by atoms with Crippen LogP contribution in [0.3, 0.4) is 0 Å². The van der Waals surface area contributed by atoms with Crippen molar-refractivity contribution in [3.8, 4) is 11.1 Å². The summed E-state index contributed by atoms with van der Waals surface area (Å²) >= 11 is -0.472. The number of benzene rings is 3. The van der Waals surface area contributed by atoms with E-state index < -0.39 is 16.5 Å². The molecule has 0 aliphatic rings. The summed E-state index contributed by atoms with van der Waals surface area (Å²) in [5.74, 6) is 0. The quantitative estimate of drug-likeness (QED) is 0.202. The SMILES string of the molecule is C=C/C=C(/c1ccccc1)c1ccc2c(-c3ccccc3)ccnc2c1C.CC.[Cl][Pt][Cl]. The van der Waals surface area contributed by atoms with Crippen LogP contribution < -0.4 is 0 Å². The van der Waals surface area contributed by atoms with Crippen LogP contribution in [0.2, 0.25) is 0 Å². The van der Waals surface area contributed by atoms with Crippen LogP contribution in [0.25, 0.3) is 27.6 Å². The molecule has 0 unspecified atom stereocenters. The summed E-state index contributed by atoms with van der Waals surface area (Å²) in [5.41, 5.74) is 8.18. The average molecular weight is 644 g/mol. The number of pyridine rings is 1. The first-order valence-electron chi connectivity index (χ1n) is 10.4. The third-order valence-electron chi connectivity index (χ3n) is 4.91. The maximum absolute atomic E-state index is 4.88. The predicted octanol–water partition coefficient (Wildman–Crippen LogP) is 9.23. The number of hydrogen-bond acceptors (Lipinski definition) is 1. The van der Waals surface area contributed by atoms with Crippen LogP contribution in [0.15, 0.2) is 104 Å². The second-order valence-corrected chi connectivity index (χ2v) is 9.87. The molecule has 0 atom stereocenters. The molecule has 3 aromatic carbocycles. The molecule has 1 nitrogen and oxygen atoms in total. The Morgan fingerprint density at radius 2 is 1.47 bits per heavy atom. The molecule has 0 aliphatic carbocycles. The molecule has 0 bridgehead atoms. The molecule has 1 heterocycles. The van der Waals surface area contributed by atoms with Crippen molar-refractivity contribution in [2.24, 2.45) is 0 Å². The van der Waals surface area contributed by atoms with E-state index >= 15 is 0 Å². The molecule has 0 aliphatic heterocycles. The van der Waals surface area contributed by atoms with Gasteiger partial charge in [-0.05, 0) is 46.4 Å². The molecule has 4 rings (SSSR count). The summed E-state index contributed by atoms with van der Waals surface area (Å²) in [6, 6.07) is 27.4. The number of nitrogens with zero attached hydrogens (tertiary/aromatic N) is 1. The van der Waals surface area contributed by atoms with Crippen LogP contribution in [0.4, 0.5) is 0 Å². The van der Waals surface area contributed by atoms with E-state index in [1.54, 1.807) is 0 Å². The fourth-order valence-electron chi connectivity index (χ4n) is 3.60. The van der Waals surface area contributed by atoms with E-state index in [1.807, 2.05) is 38.3 Å². The van der Waals surface area contributed by atoms with Gasteiger partial charge in [-0.2, -0.15) is 0 Å². The minimum absolute atomic E-state index is 0.472. The fraction of sp³-hybridized carbons (Fsp3) is 0.107. The fourth-order valence-corrected chi connectivity index (χ4v) is 3.60. The molecule has 4 aromatic rings. The van der Waals surface area contributed by atoms with Gasteiger partial charge in [0.2, 0.25) is 0 Å². The standard InChI is InChI=1S/C26H21N.C2H6.2ClH.Pt/c1-3-10-23(20-11-6-4-7-12-20)22-15-16-25-24(21-13-8-5-9-14-21)17-18-27-26(25)19(22)2;1-2;;;/h3-18H,1H2,2H3;1-2H3;2*1H;/q;;;;+2/p-2/b23-10-;;;;. The van der Waals surface area contributed by atoms with Crippen molar-refractivity contribution in [2.45, 2.75) is 20.8 Å². The van der Waals surface area contributed by atoms with E-state index in [4.69, 9.17) is 23.8 Å². The van der Waals surface area contributed by atoms with Crippen molar-refractivity contribution in [3.63, 3.8) is 0 Å². The molecular formula is C28H27Cl2NPt. The first kappa shape index (κ1) is 26.1. The van der Waals surface area contributed by atoms with Gasteiger partial charge in [0, 0.05) is 11.6 Å². The van der Waals surface area contributed by atoms with Gasteiger partial charge in [0.05, 0.1) is 5.52 Å². The van der Waals surface area contributed by atoms with Crippen LogP contribution >= 0.6 is 18.8 Å². The van der Waals surface area contributed by atoms with Gasteiger partial charge in [-0.15, -0.1) is 0 Å². The Labute approximate surface area is 208 Å². The third-order valence-corrected chi connectivity index (χ3v) is 4.91. The zero-order valence-electron chi connectivity index (χ0n) is 18.5. The van der Waals surface area contributed by atoms with Gasteiger partial charge >= 0.3 is 35.3 Å². The molecule has 0 fully saturated rings. The van der Waals surface area contributed by atoms with Crippen molar-refractivity contribution >= 4 is 35.3 Å². The Bertz CT molecular complexity index is 1160. The molecule has 0 radical (unpaired) electrons. The second kappa shape index (κ2) is 14.1. The monoisotopic (exact) mass is 642 g/mol. The Hall–Kier alpha value is -2.18. The number of rotatable bonds is 4. The topological polar surface area (TPSA) is 12.9 Å². The molecule has 1 aromatic heterocycles. The second-order valence-electron chi connectivity index (χ2n) is 6.59. The van der Waals surface area contributed by atoms with Crippen molar-refractivity contribution in [1.82, 2.24) is 4.98 Å². The van der Waals surface area contributed by atoms with Crippen LogP contribution in [-0.4, -0.2) is 4.98 Å². The molecular weight excluding hydrogens is 616 g/mol. The zero-order chi connectivity index (χ0) is 23.3. The molecule has 0 N–H and O–H groups in total. The first-order chi connectivity index (χ1) is 15.7. The van der Waals surface area contributed by atoms with E-state index in [1.165, 1.54) is 33.2 Å². The normalized spacial score (nSPS) is 10.6. The summed E-state index contributed by atoms with van der Waals surface area (Å²) in [6.07, 6.45) is 5.82. The van der Waals surface area contributed by atoms with E-state index in [0.29, 0.717) is 0 Å². The van der Waals surface area contributed by atoms with Crippen molar-refractivity contribution in [2.75, 3.05) is 0 Å². The molecule has 168 valence electrons. The number of aryl methyl sites for hydroxylation is 1. The summed E-state index contributed by atoms with van der Waals surface area (Å²) in [7, 11) is 9.75. The number of allylic oxidation sites excluding steroid dienone is 2. The first-order valence-corrected chi connectivity index (χ1v) is 16.0. The van der Waals surface area contributed by atoms with Gasteiger partial charge in [0.1, 0.15) is 0 Å². The van der Waals surface area contributed by atoms with Gasteiger partial charge in [-0.25, -0.2) is 0 Å². The van der Waals surface area contributed by atoms with Crippen LogP contribution in [0.1, 0.15) is 30.5 Å². The Morgan fingerprint density at radius 1 is 0.875 bits per heavy atom. The van der Waals surface area contributed by atoms with E-state index in [9.17, 15) is 0 Å². The molecule has 0 saturated carbocycles. The number of hydrogen-bond donors (Lipinski definition) is 0. The van der Waals surface area contributed by atoms with Gasteiger partial charge in [-0.3, -0.25) is 4.98 Å². The third kappa shape index (κ3) is 6.42. The molecule has 0 saturated heterocycles. The van der Waals surface area contributed by atoms with Gasteiger partial charge < -0.3 is 0 Å². The van der Waals surface area contributed by atoms with Crippen LogP contribution in [0, 0.1) is 6.92 Å². The Morgan fingerprint density at radius 3 is 2.06 bits per heavy atom. The summed E-state index contributed by atoms with van der Waals surface area (Å²) in [6.45, 7) is 10.1. The maximum atomic E-state index is 4.88. The summed E-state index contributed by atoms with van der Waals surface area (Å²) in [4.78, 5) is 4.71. The number of halogens is 2. The molecule has 0 spiro atoms. The molecule has 0 amide bonds. The molecule has 4 heteroatoms. The number of fused-ring (bicyclic) bond motifs is 1. The van der Waals surface area contributed by atoms with Gasteiger partial charge in [0.15, 0.2) is 0 Å². The Balaban J connectivity index is 0.000000671. The van der Waals surface area contributed by atoms with Crippen molar-refractivity contribution < 1.29 is 16.5 Å². The van der Waals surface area contributed by atoms with Gasteiger partial charge in [0.25, 0.3) is 0 Å². The van der Waals surface area contributed by atoms with Crippen LogP contribution in [0.5, 0.6) is 0 Å². The zero-order valence-corrected chi connectivity index (χ0v) is 22.2. The van der Waals surface area contributed by atoms with Crippen molar-refractivity contribution in [1.29, 1.82) is 0 Å². The van der Waals surface area contributed by atoms with E-state index in [2.05, 4.69) is 86.3 Å². The summed E-state index contributed by atoms with van der Waals surface area (Å²) < 4.78 is 0. The molecule has 32 heavy (non-hydrogen) atoms. The van der Waals surface area contributed by atoms with E-state index in [-0.39, 0.29) is 0 Å².